The number of nitrogens with zero attached hydrogens (tertiary/aromatic N) is 1. The number of carbonyl (C=O) groups is 4. The Labute approximate surface area is 150 Å². The molecule has 3 amide bonds. The van der Waals surface area contributed by atoms with Gasteiger partial charge in [-0.1, -0.05) is 0 Å². The highest BCUT2D eigenvalue weighted by molar-refractivity contribution is 6.03. The molecule has 1 aliphatic rings. The Bertz CT molecular complexity index is 709. The normalized spacial score (nSPS) is 17.3. The van der Waals surface area contributed by atoms with Gasteiger partial charge in [0.25, 0.3) is 5.91 Å². The molecule has 9 nitrogen and oxygen atoms in total. The zero-order chi connectivity index (χ0) is 19.3. The summed E-state index contributed by atoms with van der Waals surface area (Å²) in [5.74, 6) is -1.79. The minimum atomic E-state index is -0.757. The van der Waals surface area contributed by atoms with Gasteiger partial charge >= 0.3 is 5.97 Å². The Kier molecular flexibility index (Phi) is 5.91. The van der Waals surface area contributed by atoms with Gasteiger partial charge in [0.05, 0.1) is 11.9 Å². The quantitative estimate of drug-likeness (QED) is 0.510. The van der Waals surface area contributed by atoms with Crippen molar-refractivity contribution in [2.45, 2.75) is 45.3 Å². The summed E-state index contributed by atoms with van der Waals surface area (Å²) in [5, 5.41) is 7.57. The highest BCUT2D eigenvalue weighted by atomic mass is 16.6. The Morgan fingerprint density at radius 2 is 2.04 bits per heavy atom. The van der Waals surface area contributed by atoms with Gasteiger partial charge in [-0.2, -0.15) is 0 Å². The zero-order valence-electron chi connectivity index (χ0n) is 14.9. The SMILES string of the molecule is CC(C)(C)OC(=O)CNc1ccc(C(=O)NC2CCC(=O)NC2=O)nc1. The zero-order valence-corrected chi connectivity index (χ0v) is 14.9. The predicted molar refractivity (Wildman–Crippen MR) is 92.2 cm³/mol. The lowest BCUT2D eigenvalue weighted by atomic mass is 10.1. The second-order valence-electron chi connectivity index (χ2n) is 6.85. The largest absolute Gasteiger partial charge is 0.459 e. The van der Waals surface area contributed by atoms with E-state index in [1.54, 1.807) is 26.8 Å². The van der Waals surface area contributed by atoms with Crippen molar-refractivity contribution in [3.05, 3.63) is 24.0 Å². The van der Waals surface area contributed by atoms with Crippen molar-refractivity contribution in [2.24, 2.45) is 0 Å². The Morgan fingerprint density at radius 1 is 1.31 bits per heavy atom. The first-order valence-electron chi connectivity index (χ1n) is 8.20. The van der Waals surface area contributed by atoms with Crippen LogP contribution in [-0.4, -0.2) is 46.9 Å². The highest BCUT2D eigenvalue weighted by Gasteiger charge is 2.28. The maximum Gasteiger partial charge on any atom is 0.325 e. The third kappa shape index (κ3) is 5.83. The molecule has 0 radical (unpaired) electrons. The summed E-state index contributed by atoms with van der Waals surface area (Å²) in [6, 6.07) is 2.31. The third-order valence-corrected chi connectivity index (χ3v) is 3.40. The van der Waals surface area contributed by atoms with Crippen molar-refractivity contribution in [3.63, 3.8) is 0 Å². The Balaban J connectivity index is 1.86. The van der Waals surface area contributed by atoms with E-state index < -0.39 is 29.4 Å². The number of amides is 3. The van der Waals surface area contributed by atoms with Gasteiger partial charge in [0.15, 0.2) is 0 Å². The van der Waals surface area contributed by atoms with Crippen molar-refractivity contribution in [1.29, 1.82) is 0 Å². The van der Waals surface area contributed by atoms with E-state index in [1.165, 1.54) is 12.3 Å². The van der Waals surface area contributed by atoms with Gasteiger partial charge in [0, 0.05) is 6.42 Å². The fraction of sp³-hybridized carbons (Fsp3) is 0.471. The molecule has 1 fully saturated rings. The average molecular weight is 362 g/mol. The van der Waals surface area contributed by atoms with Crippen molar-refractivity contribution in [3.8, 4) is 0 Å². The molecule has 1 aromatic rings. The number of pyridine rings is 1. The third-order valence-electron chi connectivity index (χ3n) is 3.40. The lowest BCUT2D eigenvalue weighted by molar-refractivity contribution is -0.152. The number of carbonyl (C=O) groups excluding carboxylic acids is 4. The van der Waals surface area contributed by atoms with E-state index in [4.69, 9.17) is 4.74 Å². The molecule has 9 heteroatoms. The number of esters is 1. The van der Waals surface area contributed by atoms with Gasteiger partial charge in [-0.25, -0.2) is 4.98 Å². The Morgan fingerprint density at radius 3 is 2.62 bits per heavy atom. The number of hydrogen-bond donors (Lipinski definition) is 3. The predicted octanol–water partition coefficient (Wildman–Crippen LogP) is 0.370. The smallest absolute Gasteiger partial charge is 0.325 e. The van der Waals surface area contributed by atoms with Crippen LogP contribution in [0, 0.1) is 0 Å². The van der Waals surface area contributed by atoms with E-state index in [-0.39, 0.29) is 31.0 Å². The first kappa shape index (κ1) is 19.4. The summed E-state index contributed by atoms with van der Waals surface area (Å²) in [7, 11) is 0. The van der Waals surface area contributed by atoms with Crippen LogP contribution in [0.5, 0.6) is 0 Å². The van der Waals surface area contributed by atoms with E-state index in [0.717, 1.165) is 0 Å². The molecule has 0 aliphatic carbocycles. The van der Waals surface area contributed by atoms with E-state index in [2.05, 4.69) is 20.9 Å². The standard InChI is InChI=1S/C17H22N4O5/c1-17(2,3)26-14(23)9-18-10-4-5-11(19-8-10)15(24)20-12-6-7-13(22)21-16(12)25/h4-5,8,12,18H,6-7,9H2,1-3H3,(H,20,24)(H,21,22,25). The molecule has 1 unspecified atom stereocenters. The topological polar surface area (TPSA) is 126 Å². The van der Waals surface area contributed by atoms with Crippen molar-refractivity contribution >= 4 is 29.4 Å². The van der Waals surface area contributed by atoms with Crippen LogP contribution in [-0.2, 0) is 19.1 Å². The molecule has 2 heterocycles. The number of aromatic nitrogens is 1. The van der Waals surface area contributed by atoms with Crippen molar-refractivity contribution in [1.82, 2.24) is 15.6 Å². The van der Waals surface area contributed by atoms with Crippen LogP contribution in [0.25, 0.3) is 0 Å². The molecule has 2 rings (SSSR count). The van der Waals surface area contributed by atoms with Gasteiger partial charge in [0.1, 0.15) is 23.9 Å². The van der Waals surface area contributed by atoms with Gasteiger partial charge in [-0.3, -0.25) is 24.5 Å². The van der Waals surface area contributed by atoms with Crippen LogP contribution in [0.15, 0.2) is 18.3 Å². The van der Waals surface area contributed by atoms with Crippen LogP contribution in [0.4, 0.5) is 5.69 Å². The summed E-state index contributed by atoms with van der Waals surface area (Å²) in [4.78, 5) is 50.6. The maximum absolute atomic E-state index is 12.1. The average Bonchev–Trinajstić information content (AvgIpc) is 2.54. The molecule has 3 N–H and O–H groups in total. The number of anilines is 1. The summed E-state index contributed by atoms with van der Waals surface area (Å²) < 4.78 is 5.18. The van der Waals surface area contributed by atoms with Crippen LogP contribution < -0.4 is 16.0 Å². The molecule has 26 heavy (non-hydrogen) atoms. The highest BCUT2D eigenvalue weighted by Crippen LogP contribution is 2.10. The number of rotatable bonds is 5. The molecule has 1 saturated heterocycles. The first-order chi connectivity index (χ1) is 12.1. The van der Waals surface area contributed by atoms with Crippen molar-refractivity contribution < 1.29 is 23.9 Å². The Hall–Kier alpha value is -2.97. The monoisotopic (exact) mass is 362 g/mol. The second-order valence-corrected chi connectivity index (χ2v) is 6.85. The van der Waals surface area contributed by atoms with Crippen LogP contribution in [0.1, 0.15) is 44.1 Å². The minimum absolute atomic E-state index is 0.0270. The molecule has 1 atom stereocenters. The number of ether oxygens (including phenoxy) is 1. The fourth-order valence-electron chi connectivity index (χ4n) is 2.25. The number of piperidine rings is 1. The second kappa shape index (κ2) is 7.94. The molecule has 1 aromatic heterocycles. The molecular weight excluding hydrogens is 340 g/mol. The van der Waals surface area contributed by atoms with E-state index in [0.29, 0.717) is 5.69 Å². The lowest BCUT2D eigenvalue weighted by Crippen LogP contribution is -2.52. The van der Waals surface area contributed by atoms with Crippen LogP contribution >= 0.6 is 0 Å². The fourth-order valence-corrected chi connectivity index (χ4v) is 2.25. The summed E-state index contributed by atoms with van der Waals surface area (Å²) >= 11 is 0. The number of hydrogen-bond acceptors (Lipinski definition) is 7. The van der Waals surface area contributed by atoms with Gasteiger partial charge < -0.3 is 15.4 Å². The molecule has 0 aromatic carbocycles. The summed E-state index contributed by atoms with van der Waals surface area (Å²) in [5.41, 5.74) is 0.112. The summed E-state index contributed by atoms with van der Waals surface area (Å²) in [6.45, 7) is 5.31. The van der Waals surface area contributed by atoms with Crippen LogP contribution in [0.3, 0.4) is 0 Å². The molecule has 140 valence electrons. The molecule has 1 aliphatic heterocycles. The molecular formula is C17H22N4O5. The maximum atomic E-state index is 12.1. The van der Waals surface area contributed by atoms with Gasteiger partial charge in [0.2, 0.25) is 11.8 Å². The van der Waals surface area contributed by atoms with Gasteiger partial charge in [-0.05, 0) is 39.3 Å². The van der Waals surface area contributed by atoms with E-state index >= 15 is 0 Å². The molecule has 0 saturated carbocycles. The van der Waals surface area contributed by atoms with Crippen molar-refractivity contribution in [2.75, 3.05) is 11.9 Å². The summed E-state index contributed by atoms with van der Waals surface area (Å²) in [6.07, 6.45) is 1.84. The lowest BCUT2D eigenvalue weighted by Gasteiger charge is -2.21. The first-order valence-corrected chi connectivity index (χ1v) is 8.20. The molecule has 0 bridgehead atoms. The molecule has 0 spiro atoms. The number of nitrogens with one attached hydrogen (secondary N) is 3. The van der Waals surface area contributed by atoms with E-state index in [9.17, 15) is 19.2 Å². The van der Waals surface area contributed by atoms with Crippen LogP contribution in [0.2, 0.25) is 0 Å². The minimum Gasteiger partial charge on any atom is -0.459 e. The van der Waals surface area contributed by atoms with E-state index in [1.807, 2.05) is 0 Å². The number of imide groups is 1. The van der Waals surface area contributed by atoms with Gasteiger partial charge in [-0.15, -0.1) is 0 Å².